The molecule has 5 heteroatoms. The molecule has 0 bridgehead atoms. The first-order valence-corrected chi connectivity index (χ1v) is 7.65. The van der Waals surface area contributed by atoms with E-state index in [9.17, 15) is 0 Å². The Morgan fingerprint density at radius 3 is 3.00 bits per heavy atom. The highest BCUT2D eigenvalue weighted by molar-refractivity contribution is 8.76. The van der Waals surface area contributed by atoms with Crippen LogP contribution in [-0.4, -0.2) is 15.1 Å². The quantitative estimate of drug-likeness (QED) is 0.528. The molecule has 1 heterocycles. The van der Waals surface area contributed by atoms with E-state index in [0.29, 0.717) is 0 Å². The van der Waals surface area contributed by atoms with Gasteiger partial charge >= 0.3 is 0 Å². The van der Waals surface area contributed by atoms with Crippen LogP contribution in [0.25, 0.3) is 0 Å². The van der Waals surface area contributed by atoms with Crippen molar-refractivity contribution >= 4 is 33.1 Å². The van der Waals surface area contributed by atoms with E-state index in [4.69, 9.17) is 0 Å². The second-order valence-corrected chi connectivity index (χ2v) is 5.67. The fraction of sp³-hybridized carbons (Fsp3) is 0.750. The molecular weight excluding hydrogens is 220 g/mol. The summed E-state index contributed by atoms with van der Waals surface area (Å²) in [6, 6.07) is 0. The van der Waals surface area contributed by atoms with Gasteiger partial charge < -0.3 is 0 Å². The topological polar surface area (TPSA) is 25.8 Å². The minimum atomic E-state index is 0.908. The Kier molecular flexibility index (Phi) is 6.67. The maximum atomic E-state index is 4.12. The van der Waals surface area contributed by atoms with Crippen LogP contribution in [0.5, 0.6) is 0 Å². The van der Waals surface area contributed by atoms with Crippen LogP contribution < -0.4 is 0 Å². The predicted molar refractivity (Wildman–Crippen MR) is 62.4 cm³/mol. The number of aromatic nitrogens is 2. The maximum Gasteiger partial charge on any atom is 0.210 e. The highest BCUT2D eigenvalue weighted by Crippen LogP contribution is 2.29. The van der Waals surface area contributed by atoms with Crippen LogP contribution >= 0.6 is 33.1 Å². The third-order valence-electron chi connectivity index (χ3n) is 1.56. The molecule has 0 amide bonds. The van der Waals surface area contributed by atoms with E-state index in [-0.39, 0.29) is 0 Å². The van der Waals surface area contributed by atoms with E-state index >= 15 is 0 Å². The Morgan fingerprint density at radius 2 is 2.31 bits per heavy atom. The Labute approximate surface area is 91.5 Å². The molecular formula is C8H14N2S3. The molecule has 0 aliphatic carbocycles. The van der Waals surface area contributed by atoms with Gasteiger partial charge in [-0.3, -0.25) is 0 Å². The van der Waals surface area contributed by atoms with Crippen molar-refractivity contribution in [2.75, 3.05) is 5.75 Å². The van der Waals surface area contributed by atoms with Crippen LogP contribution in [0.3, 0.4) is 0 Å². The van der Waals surface area contributed by atoms with Crippen LogP contribution in [-0.2, 0) is 0 Å². The molecule has 0 saturated heterocycles. The second-order valence-electron chi connectivity index (χ2n) is 2.68. The minimum Gasteiger partial charge on any atom is -0.217 e. The highest BCUT2D eigenvalue weighted by atomic mass is 33.1. The summed E-state index contributed by atoms with van der Waals surface area (Å²) in [7, 11) is 3.55. The molecule has 13 heavy (non-hydrogen) atoms. The van der Waals surface area contributed by atoms with Gasteiger partial charge in [0.15, 0.2) is 0 Å². The van der Waals surface area contributed by atoms with Gasteiger partial charge in [-0.2, -0.15) is 4.37 Å². The molecule has 1 aromatic rings. The Balaban J connectivity index is 1.90. The average Bonchev–Trinajstić information content (AvgIpc) is 2.63. The molecule has 0 aliphatic rings. The first-order chi connectivity index (χ1) is 6.43. The molecule has 0 aromatic carbocycles. The van der Waals surface area contributed by atoms with Gasteiger partial charge in [0.25, 0.3) is 0 Å². The van der Waals surface area contributed by atoms with Crippen LogP contribution in [0, 0.1) is 0 Å². The van der Waals surface area contributed by atoms with Crippen molar-refractivity contribution in [3.8, 4) is 0 Å². The molecule has 0 aliphatic heterocycles. The van der Waals surface area contributed by atoms with Crippen LogP contribution in [0.1, 0.15) is 32.6 Å². The van der Waals surface area contributed by atoms with E-state index in [2.05, 4.69) is 16.3 Å². The number of rotatable bonds is 7. The van der Waals surface area contributed by atoms with Gasteiger partial charge in [0.1, 0.15) is 5.51 Å². The molecule has 2 nitrogen and oxygen atoms in total. The fourth-order valence-corrected chi connectivity index (χ4v) is 3.46. The summed E-state index contributed by atoms with van der Waals surface area (Å²) in [5.74, 6) is 1.21. The molecule has 0 fully saturated rings. The van der Waals surface area contributed by atoms with Gasteiger partial charge in [0.2, 0.25) is 5.16 Å². The van der Waals surface area contributed by atoms with E-state index in [1.54, 1.807) is 16.3 Å². The summed E-state index contributed by atoms with van der Waals surface area (Å²) in [4.78, 5) is 4.10. The summed E-state index contributed by atoms with van der Waals surface area (Å²) in [6.45, 7) is 2.24. The smallest absolute Gasteiger partial charge is 0.210 e. The van der Waals surface area contributed by atoms with E-state index in [1.165, 1.54) is 43.0 Å². The van der Waals surface area contributed by atoms with Crippen LogP contribution in [0.2, 0.25) is 0 Å². The van der Waals surface area contributed by atoms with E-state index in [0.717, 1.165) is 5.16 Å². The van der Waals surface area contributed by atoms with Crippen molar-refractivity contribution < 1.29 is 0 Å². The fourth-order valence-electron chi connectivity index (χ4n) is 0.880. The monoisotopic (exact) mass is 234 g/mol. The van der Waals surface area contributed by atoms with Crippen molar-refractivity contribution in [2.45, 2.75) is 37.8 Å². The van der Waals surface area contributed by atoms with Crippen LogP contribution in [0.4, 0.5) is 0 Å². The van der Waals surface area contributed by atoms with Crippen molar-refractivity contribution in [3.63, 3.8) is 0 Å². The average molecular weight is 234 g/mol. The van der Waals surface area contributed by atoms with Gasteiger partial charge in [-0.15, -0.1) is 0 Å². The van der Waals surface area contributed by atoms with Gasteiger partial charge in [0.05, 0.1) is 0 Å². The third-order valence-corrected chi connectivity index (χ3v) is 4.37. The van der Waals surface area contributed by atoms with Crippen molar-refractivity contribution in [2.24, 2.45) is 0 Å². The van der Waals surface area contributed by atoms with Gasteiger partial charge in [-0.05, 0) is 28.7 Å². The lowest BCUT2D eigenvalue weighted by atomic mass is 10.2. The third kappa shape index (κ3) is 5.54. The first-order valence-electron chi connectivity index (χ1n) is 4.49. The molecule has 0 atom stereocenters. The van der Waals surface area contributed by atoms with E-state index < -0.39 is 0 Å². The molecule has 1 aromatic heterocycles. The molecule has 1 rings (SSSR count). The summed E-state index contributed by atoms with van der Waals surface area (Å²) in [5.41, 5.74) is 1.78. The normalized spacial score (nSPS) is 10.5. The molecule has 0 saturated carbocycles. The molecule has 0 spiro atoms. The Morgan fingerprint density at radius 1 is 1.38 bits per heavy atom. The number of nitrogens with zero attached hydrogens (tertiary/aromatic N) is 2. The lowest BCUT2D eigenvalue weighted by molar-refractivity contribution is 0.707. The van der Waals surface area contributed by atoms with Gasteiger partial charge in [-0.25, -0.2) is 4.98 Å². The lowest BCUT2D eigenvalue weighted by Gasteiger charge is -1.97. The SMILES string of the molecule is CCCCCCSSc1ncsn1. The first kappa shape index (κ1) is 11.3. The highest BCUT2D eigenvalue weighted by Gasteiger charge is 1.97. The zero-order valence-electron chi connectivity index (χ0n) is 7.73. The Bertz CT molecular complexity index is 201. The maximum absolute atomic E-state index is 4.12. The minimum absolute atomic E-state index is 0.908. The Hall–Kier alpha value is 0.260. The molecule has 0 radical (unpaired) electrons. The van der Waals surface area contributed by atoms with Crippen LogP contribution in [0.15, 0.2) is 10.7 Å². The zero-order chi connectivity index (χ0) is 9.36. The largest absolute Gasteiger partial charge is 0.217 e. The molecule has 74 valence electrons. The van der Waals surface area contributed by atoms with Crippen molar-refractivity contribution in [1.82, 2.24) is 9.36 Å². The summed E-state index contributed by atoms with van der Waals surface area (Å²) >= 11 is 1.42. The standard InChI is InChI=1S/C8H14N2S3/c1-2-3-4-5-6-12-13-8-9-7-11-10-8/h7H,2-6H2,1H3. The zero-order valence-corrected chi connectivity index (χ0v) is 10.2. The number of hydrogen-bond donors (Lipinski definition) is 0. The van der Waals surface area contributed by atoms with Crippen molar-refractivity contribution in [3.05, 3.63) is 5.51 Å². The molecule has 0 unspecified atom stereocenters. The number of unbranched alkanes of at least 4 members (excludes halogenated alkanes) is 3. The van der Waals surface area contributed by atoms with Gasteiger partial charge in [0, 0.05) is 5.75 Å². The van der Waals surface area contributed by atoms with E-state index in [1.807, 2.05) is 10.8 Å². The summed E-state index contributed by atoms with van der Waals surface area (Å²) in [6.07, 6.45) is 5.34. The van der Waals surface area contributed by atoms with Gasteiger partial charge in [-0.1, -0.05) is 37.0 Å². The predicted octanol–water partition coefficient (Wildman–Crippen LogP) is 3.86. The molecule has 0 N–H and O–H groups in total. The lowest BCUT2D eigenvalue weighted by Crippen LogP contribution is -1.78. The summed E-state index contributed by atoms with van der Waals surface area (Å²) < 4.78 is 4.12. The second kappa shape index (κ2) is 7.64. The number of hydrogen-bond acceptors (Lipinski definition) is 5. The summed E-state index contributed by atoms with van der Waals surface area (Å²) in [5, 5.41) is 0.908. The van der Waals surface area contributed by atoms with Crippen molar-refractivity contribution in [1.29, 1.82) is 0 Å².